The van der Waals surface area contributed by atoms with Crippen LogP contribution in [0.25, 0.3) is 0 Å². The molecule has 0 aromatic rings. The molecule has 0 amide bonds. The van der Waals surface area contributed by atoms with E-state index in [-0.39, 0.29) is 0 Å². The van der Waals surface area contributed by atoms with Crippen LogP contribution in [0.4, 0.5) is 39.5 Å². The van der Waals surface area contributed by atoms with Crippen LogP contribution in [-0.4, -0.2) is 36.4 Å². The van der Waals surface area contributed by atoms with Crippen LogP contribution in [0.1, 0.15) is 0 Å². The second-order valence-corrected chi connectivity index (χ2v) is 3.09. The summed E-state index contributed by atoms with van der Waals surface area (Å²) in [5.74, 6) is -5.28. The van der Waals surface area contributed by atoms with Crippen molar-refractivity contribution in [1.29, 1.82) is 0 Å². The molecule has 1 heterocycles. The fraction of sp³-hybridized carbons (Fsp3) is 0.833. The van der Waals surface area contributed by atoms with Gasteiger partial charge in [-0.05, 0) is 0 Å². The zero-order valence-corrected chi connectivity index (χ0v) is 7.70. The molecule has 0 spiro atoms. The van der Waals surface area contributed by atoms with Crippen LogP contribution in [0.5, 0.6) is 0 Å². The molecule has 3 nitrogen and oxygen atoms in total. The van der Waals surface area contributed by atoms with E-state index >= 15 is 0 Å². The topological polar surface area (TPSA) is 35.5 Å². The molecule has 2 atom stereocenters. The van der Waals surface area contributed by atoms with Crippen molar-refractivity contribution in [2.45, 2.75) is 30.4 Å². The molecule has 1 rings (SSSR count). The van der Waals surface area contributed by atoms with Crippen molar-refractivity contribution in [3.8, 4) is 0 Å². The summed E-state index contributed by atoms with van der Waals surface area (Å²) in [4.78, 5) is 10.0. The van der Waals surface area contributed by atoms with E-state index in [4.69, 9.17) is 0 Å². The predicted molar refractivity (Wildman–Crippen MR) is 31.9 cm³/mol. The van der Waals surface area contributed by atoms with Crippen molar-refractivity contribution >= 4 is 6.04 Å². The molecule has 1 aliphatic rings. The molecule has 0 N–H and O–H groups in total. The quantitative estimate of drug-likeness (QED) is 0.549. The van der Waals surface area contributed by atoms with Gasteiger partial charge in [-0.25, -0.2) is 0 Å². The molecular formula is C6HF9O3. The van der Waals surface area contributed by atoms with Gasteiger partial charge in [0.1, 0.15) is 0 Å². The van der Waals surface area contributed by atoms with Gasteiger partial charge in [0.15, 0.2) is 0 Å². The molecule has 1 saturated heterocycles. The van der Waals surface area contributed by atoms with Crippen molar-refractivity contribution < 1.29 is 53.8 Å². The van der Waals surface area contributed by atoms with E-state index in [2.05, 4.69) is 9.47 Å². The molecule has 1 aliphatic heterocycles. The number of rotatable bonds is 1. The van der Waals surface area contributed by atoms with Crippen LogP contribution in [0.2, 0.25) is 0 Å². The van der Waals surface area contributed by atoms with Gasteiger partial charge in [-0.3, -0.25) is 9.53 Å². The van der Waals surface area contributed by atoms with Crippen LogP contribution in [0, 0.1) is 0 Å². The lowest BCUT2D eigenvalue weighted by Crippen LogP contribution is -2.53. The molecule has 0 saturated carbocycles. The molecule has 0 radical (unpaired) electrons. The summed E-state index contributed by atoms with van der Waals surface area (Å²) in [5, 5.41) is 0. The van der Waals surface area contributed by atoms with E-state index in [9.17, 15) is 44.3 Å². The molecular weight excluding hydrogens is 291 g/mol. The second kappa shape index (κ2) is 3.73. The van der Waals surface area contributed by atoms with Crippen LogP contribution in [0.3, 0.4) is 0 Å². The molecule has 106 valence electrons. The fourth-order valence-corrected chi connectivity index (χ4v) is 1.08. The molecule has 0 aromatic carbocycles. The first-order valence-electron chi connectivity index (χ1n) is 3.83. The third-order valence-corrected chi connectivity index (χ3v) is 1.80. The number of hydrogen-bond acceptors (Lipinski definition) is 3. The van der Waals surface area contributed by atoms with E-state index in [0.717, 1.165) is 0 Å². The summed E-state index contributed by atoms with van der Waals surface area (Å²) in [7, 11) is 0. The Labute approximate surface area is 91.4 Å². The standard InChI is InChI=1S/C6HF9O3/c7-2(16)3(6(13,14)15)17-1(4(8,9)10)5(11,12)18-3/h1H. The maximum absolute atomic E-state index is 12.6. The van der Waals surface area contributed by atoms with Gasteiger partial charge < -0.3 is 4.74 Å². The highest BCUT2D eigenvalue weighted by Crippen LogP contribution is 2.52. The molecule has 12 heteroatoms. The van der Waals surface area contributed by atoms with Crippen molar-refractivity contribution in [1.82, 2.24) is 0 Å². The Balaban J connectivity index is 3.27. The average Bonchev–Trinajstić information content (AvgIpc) is 2.36. The molecule has 2 unspecified atom stereocenters. The summed E-state index contributed by atoms with van der Waals surface area (Å²) in [6, 6.07) is -3.67. The maximum atomic E-state index is 12.6. The predicted octanol–water partition coefficient (Wildman–Crippen LogP) is 2.31. The zero-order chi connectivity index (χ0) is 14.6. The zero-order valence-electron chi connectivity index (χ0n) is 7.70. The Bertz CT molecular complexity index is 358. The third kappa shape index (κ3) is 2.13. The van der Waals surface area contributed by atoms with Crippen molar-refractivity contribution in [2.24, 2.45) is 0 Å². The minimum atomic E-state index is -6.25. The van der Waals surface area contributed by atoms with Gasteiger partial charge in [-0.15, -0.1) is 0 Å². The highest BCUT2D eigenvalue weighted by atomic mass is 19.4. The summed E-state index contributed by atoms with van der Waals surface area (Å²) >= 11 is 0. The largest absolute Gasteiger partial charge is 0.454 e. The third-order valence-electron chi connectivity index (χ3n) is 1.80. The first-order valence-corrected chi connectivity index (χ1v) is 3.83. The minimum absolute atomic E-state index is 2.58. The van der Waals surface area contributed by atoms with E-state index < -0.39 is 36.4 Å². The van der Waals surface area contributed by atoms with Crippen LogP contribution >= 0.6 is 0 Å². The van der Waals surface area contributed by atoms with E-state index in [1.54, 1.807) is 0 Å². The Morgan fingerprint density at radius 3 is 1.67 bits per heavy atom. The molecule has 18 heavy (non-hydrogen) atoms. The average molecular weight is 292 g/mol. The molecule has 1 fully saturated rings. The summed E-state index contributed by atoms with van der Waals surface area (Å²) in [6.07, 6.45) is -22.2. The molecule has 0 bridgehead atoms. The van der Waals surface area contributed by atoms with Gasteiger partial charge in [0.25, 0.3) is 0 Å². The van der Waals surface area contributed by atoms with E-state index in [1.807, 2.05) is 0 Å². The molecule has 0 aromatic heterocycles. The van der Waals surface area contributed by atoms with E-state index in [0.29, 0.717) is 0 Å². The number of carbonyl (C=O) groups is 1. The van der Waals surface area contributed by atoms with Crippen molar-refractivity contribution in [2.75, 3.05) is 0 Å². The number of alkyl halides is 8. The first-order chi connectivity index (χ1) is 7.74. The highest BCUT2D eigenvalue weighted by molar-refractivity contribution is 5.78. The Morgan fingerprint density at radius 2 is 1.50 bits per heavy atom. The maximum Gasteiger partial charge on any atom is 0.454 e. The fourth-order valence-electron chi connectivity index (χ4n) is 1.08. The smallest absolute Gasteiger partial charge is 0.312 e. The Morgan fingerprint density at radius 1 is 1.06 bits per heavy atom. The Kier molecular flexibility index (Phi) is 3.11. The second-order valence-electron chi connectivity index (χ2n) is 3.09. The number of hydrogen-bond donors (Lipinski definition) is 0. The minimum Gasteiger partial charge on any atom is -0.312 e. The van der Waals surface area contributed by atoms with Gasteiger partial charge in [0.2, 0.25) is 6.10 Å². The Hall–Kier alpha value is -1.04. The lowest BCUT2D eigenvalue weighted by molar-refractivity contribution is -0.361. The first kappa shape index (κ1) is 15.0. The number of ether oxygens (including phenoxy) is 2. The summed E-state index contributed by atoms with van der Waals surface area (Å²) in [6.45, 7) is 0. The van der Waals surface area contributed by atoms with Gasteiger partial charge >= 0.3 is 30.3 Å². The van der Waals surface area contributed by atoms with Gasteiger partial charge in [-0.2, -0.15) is 39.5 Å². The van der Waals surface area contributed by atoms with Crippen LogP contribution in [-0.2, 0) is 14.3 Å². The SMILES string of the molecule is O=C(F)C1(C(F)(F)F)OC(C(F)(F)F)C(F)(F)O1. The monoisotopic (exact) mass is 292 g/mol. The lowest BCUT2D eigenvalue weighted by Gasteiger charge is -2.24. The van der Waals surface area contributed by atoms with Crippen molar-refractivity contribution in [3.63, 3.8) is 0 Å². The number of halogens is 9. The van der Waals surface area contributed by atoms with E-state index in [1.165, 1.54) is 0 Å². The lowest BCUT2D eigenvalue weighted by atomic mass is 10.3. The van der Waals surface area contributed by atoms with Crippen molar-refractivity contribution in [3.05, 3.63) is 0 Å². The van der Waals surface area contributed by atoms with Gasteiger partial charge in [0.05, 0.1) is 0 Å². The molecule has 0 aliphatic carbocycles. The van der Waals surface area contributed by atoms with Gasteiger partial charge in [0, 0.05) is 0 Å². The van der Waals surface area contributed by atoms with Crippen LogP contribution < -0.4 is 0 Å². The van der Waals surface area contributed by atoms with Gasteiger partial charge in [-0.1, -0.05) is 0 Å². The normalized spacial score (nSPS) is 32.6. The number of carbonyl (C=O) groups excluding carboxylic acids is 1. The summed E-state index contributed by atoms with van der Waals surface area (Å²) < 4.78 is 115. The summed E-state index contributed by atoms with van der Waals surface area (Å²) in [5.41, 5.74) is 0. The highest BCUT2D eigenvalue weighted by Gasteiger charge is 2.80. The van der Waals surface area contributed by atoms with Crippen LogP contribution in [0.15, 0.2) is 0 Å².